The molecule has 0 fully saturated rings. The molecule has 1 atom stereocenters. The van der Waals surface area contributed by atoms with Crippen LogP contribution >= 0.6 is 0 Å². The van der Waals surface area contributed by atoms with Gasteiger partial charge in [0.25, 0.3) is 0 Å². The molecular weight excluding hydrogens is 312 g/mol. The van der Waals surface area contributed by atoms with E-state index < -0.39 is 17.1 Å². The summed E-state index contributed by atoms with van der Waals surface area (Å²) in [4.78, 5) is 0. The van der Waals surface area contributed by atoms with E-state index in [-0.39, 0.29) is 5.54 Å². The smallest absolute Gasteiger partial charge is 0.341 e. The summed E-state index contributed by atoms with van der Waals surface area (Å²) < 4.78 is 22.4. The Kier molecular flexibility index (Phi) is 7.44. The number of rotatable bonds is 9. The van der Waals surface area contributed by atoms with Crippen LogP contribution in [0.5, 0.6) is 0 Å². The maximum absolute atomic E-state index is 5.64. The Morgan fingerprint density at radius 1 is 0.864 bits per heavy atom. The van der Waals surface area contributed by atoms with E-state index in [4.69, 9.17) is 17.7 Å². The van der Waals surface area contributed by atoms with Crippen molar-refractivity contribution in [3.8, 4) is 0 Å². The Morgan fingerprint density at radius 3 is 1.77 bits per heavy atom. The average molecular weight is 343 g/mol. The van der Waals surface area contributed by atoms with Crippen molar-refractivity contribution in [3.05, 3.63) is 35.4 Å². The summed E-state index contributed by atoms with van der Waals surface area (Å²) in [6, 6.07) is 9.69. The Labute approximate surface area is 137 Å². The second-order valence-electron chi connectivity index (χ2n) is 5.93. The third-order valence-corrected chi connectivity index (χ3v) is 11.2. The molecule has 0 heterocycles. The second kappa shape index (κ2) is 8.38. The van der Waals surface area contributed by atoms with Gasteiger partial charge in [-0.3, -0.25) is 0 Å². The van der Waals surface area contributed by atoms with Crippen LogP contribution in [0.1, 0.15) is 23.6 Å². The van der Waals surface area contributed by atoms with Crippen LogP contribution in [0.3, 0.4) is 0 Å². The second-order valence-corrected chi connectivity index (χ2v) is 13.2. The number of benzene rings is 1. The van der Waals surface area contributed by atoms with Crippen molar-refractivity contribution in [1.29, 1.82) is 0 Å². The van der Waals surface area contributed by atoms with E-state index in [0.29, 0.717) is 0 Å². The van der Waals surface area contributed by atoms with Crippen LogP contribution in [-0.4, -0.2) is 45.6 Å². The maximum atomic E-state index is 5.64. The van der Waals surface area contributed by atoms with Gasteiger partial charge in [-0.2, -0.15) is 0 Å². The first-order valence-corrected chi connectivity index (χ1v) is 12.6. The van der Waals surface area contributed by atoms with Gasteiger partial charge in [0.1, 0.15) is 0 Å². The van der Waals surface area contributed by atoms with Gasteiger partial charge in [-0.25, -0.2) is 0 Å². The quantitative estimate of drug-likeness (QED) is 0.643. The SMILES string of the molecule is CO[Si](C)(CCc1ccc(C(C)[Si](C)(OC)OC)cc1)OC. The fraction of sp³-hybridized carbons (Fsp3) is 0.625. The molecule has 0 spiro atoms. The molecule has 0 bridgehead atoms. The highest BCUT2D eigenvalue weighted by Gasteiger charge is 2.37. The molecule has 0 amide bonds. The van der Waals surface area contributed by atoms with E-state index in [2.05, 4.69) is 44.3 Å². The van der Waals surface area contributed by atoms with E-state index in [1.54, 1.807) is 28.4 Å². The van der Waals surface area contributed by atoms with Crippen LogP contribution in [0, 0.1) is 0 Å². The van der Waals surface area contributed by atoms with Gasteiger partial charge in [-0.15, -0.1) is 0 Å². The van der Waals surface area contributed by atoms with Gasteiger partial charge in [0, 0.05) is 34.0 Å². The highest BCUT2D eigenvalue weighted by Crippen LogP contribution is 2.28. The summed E-state index contributed by atoms with van der Waals surface area (Å²) in [6.07, 6.45) is 0.975. The van der Waals surface area contributed by atoms with Gasteiger partial charge in [-0.05, 0) is 36.7 Å². The molecule has 1 aromatic carbocycles. The molecule has 0 aliphatic carbocycles. The van der Waals surface area contributed by atoms with E-state index in [1.165, 1.54) is 11.1 Å². The van der Waals surface area contributed by atoms with E-state index >= 15 is 0 Å². The summed E-state index contributed by atoms with van der Waals surface area (Å²) in [5.74, 6) is 0. The lowest BCUT2D eigenvalue weighted by atomic mass is 10.1. The van der Waals surface area contributed by atoms with Gasteiger partial charge in [0.15, 0.2) is 0 Å². The summed E-state index contributed by atoms with van der Waals surface area (Å²) in [5, 5.41) is 0. The third-order valence-electron chi connectivity index (χ3n) is 4.81. The molecule has 0 aliphatic rings. The van der Waals surface area contributed by atoms with Gasteiger partial charge in [0.05, 0.1) is 0 Å². The van der Waals surface area contributed by atoms with Crippen molar-refractivity contribution in [1.82, 2.24) is 0 Å². The highest BCUT2D eigenvalue weighted by atomic mass is 28.4. The molecule has 0 saturated carbocycles. The Morgan fingerprint density at radius 2 is 1.36 bits per heavy atom. The topological polar surface area (TPSA) is 36.9 Å². The lowest BCUT2D eigenvalue weighted by Crippen LogP contribution is -2.42. The lowest BCUT2D eigenvalue weighted by molar-refractivity contribution is 0.240. The van der Waals surface area contributed by atoms with Gasteiger partial charge in [0.2, 0.25) is 0 Å². The lowest BCUT2D eigenvalue weighted by Gasteiger charge is -2.29. The van der Waals surface area contributed by atoms with E-state index in [1.807, 2.05) is 0 Å². The predicted octanol–water partition coefficient (Wildman–Crippen LogP) is 3.60. The van der Waals surface area contributed by atoms with Crippen LogP contribution in [-0.2, 0) is 24.1 Å². The number of hydrogen-bond donors (Lipinski definition) is 0. The first-order chi connectivity index (χ1) is 10.3. The Balaban J connectivity index is 2.75. The van der Waals surface area contributed by atoms with Crippen molar-refractivity contribution >= 4 is 17.1 Å². The average Bonchev–Trinajstić information content (AvgIpc) is 2.58. The van der Waals surface area contributed by atoms with Crippen LogP contribution < -0.4 is 0 Å². The van der Waals surface area contributed by atoms with Gasteiger partial charge in [-0.1, -0.05) is 31.2 Å². The van der Waals surface area contributed by atoms with Gasteiger partial charge >= 0.3 is 17.1 Å². The highest BCUT2D eigenvalue weighted by molar-refractivity contribution is 6.67. The molecular formula is C16H30O4Si2. The first kappa shape index (κ1) is 19.5. The molecule has 4 nitrogen and oxygen atoms in total. The first-order valence-electron chi connectivity index (χ1n) is 7.63. The number of aryl methyl sites for hydroxylation is 1. The summed E-state index contributed by atoms with van der Waals surface area (Å²) in [5.41, 5.74) is 2.86. The molecule has 126 valence electrons. The zero-order valence-corrected chi connectivity index (χ0v) is 16.9. The monoisotopic (exact) mass is 342 g/mol. The summed E-state index contributed by atoms with van der Waals surface area (Å²) >= 11 is 0. The largest absolute Gasteiger partial charge is 0.398 e. The molecule has 1 aromatic rings. The minimum absolute atomic E-state index is 0.286. The van der Waals surface area contributed by atoms with E-state index in [9.17, 15) is 0 Å². The standard InChI is InChI=1S/C16H30O4Si2/c1-14(22(7,19-4)20-5)16-10-8-15(9-11-16)12-13-21(6,17-2)18-3/h8-11,14H,12-13H2,1-7H3. The van der Waals surface area contributed by atoms with Crippen LogP contribution in [0.25, 0.3) is 0 Å². The summed E-state index contributed by atoms with van der Waals surface area (Å²) in [7, 11) is 2.81. The molecule has 0 saturated heterocycles. The molecule has 6 heteroatoms. The van der Waals surface area contributed by atoms with E-state index in [0.717, 1.165) is 12.5 Å². The minimum atomic E-state index is -2.15. The van der Waals surface area contributed by atoms with Crippen LogP contribution in [0.15, 0.2) is 24.3 Å². The van der Waals surface area contributed by atoms with Crippen LogP contribution in [0.4, 0.5) is 0 Å². The fourth-order valence-corrected chi connectivity index (χ4v) is 5.36. The molecule has 0 radical (unpaired) electrons. The van der Waals surface area contributed by atoms with Crippen molar-refractivity contribution in [2.45, 2.75) is 38.0 Å². The molecule has 0 aliphatic heterocycles. The van der Waals surface area contributed by atoms with Crippen molar-refractivity contribution in [2.75, 3.05) is 28.4 Å². The van der Waals surface area contributed by atoms with Crippen molar-refractivity contribution in [3.63, 3.8) is 0 Å². The van der Waals surface area contributed by atoms with Crippen LogP contribution in [0.2, 0.25) is 19.1 Å². The fourth-order valence-electron chi connectivity index (χ4n) is 2.37. The molecule has 1 rings (SSSR count). The van der Waals surface area contributed by atoms with Gasteiger partial charge < -0.3 is 17.7 Å². The maximum Gasteiger partial charge on any atom is 0.341 e. The Hall–Kier alpha value is -0.506. The zero-order valence-electron chi connectivity index (χ0n) is 14.9. The normalized spacial score (nSPS) is 14.1. The number of hydrogen-bond acceptors (Lipinski definition) is 4. The van der Waals surface area contributed by atoms with Crippen molar-refractivity contribution in [2.24, 2.45) is 0 Å². The molecule has 0 N–H and O–H groups in total. The summed E-state index contributed by atoms with van der Waals surface area (Å²) in [6.45, 7) is 6.37. The third kappa shape index (κ3) is 4.74. The Bertz CT molecular complexity index is 442. The predicted molar refractivity (Wildman–Crippen MR) is 94.6 cm³/mol. The minimum Gasteiger partial charge on any atom is -0.398 e. The zero-order chi connectivity index (χ0) is 16.8. The van der Waals surface area contributed by atoms with Crippen molar-refractivity contribution < 1.29 is 17.7 Å². The molecule has 22 heavy (non-hydrogen) atoms. The molecule has 0 aromatic heterocycles. The molecule has 1 unspecified atom stereocenters.